The van der Waals surface area contributed by atoms with E-state index in [1.165, 1.54) is 0 Å². The molecule has 0 aromatic rings. The van der Waals surface area contributed by atoms with Gasteiger partial charge in [-0.3, -0.25) is 9.59 Å². The Morgan fingerprint density at radius 1 is 1.38 bits per heavy atom. The maximum absolute atomic E-state index is 12.7. The summed E-state index contributed by atoms with van der Waals surface area (Å²) in [6, 6.07) is 0. The largest absolute Gasteiger partial charge is 0.462 e. The van der Waals surface area contributed by atoms with E-state index < -0.39 is 23.4 Å². The molecule has 1 heterocycles. The molecule has 1 aliphatic heterocycles. The van der Waals surface area contributed by atoms with Gasteiger partial charge in [0.1, 0.15) is 12.2 Å². The molecular weight excluding hydrogens is 308 g/mol. The zero-order valence-electron chi connectivity index (χ0n) is 14.6. The maximum Gasteiger partial charge on any atom is 0.333 e. The lowest BCUT2D eigenvalue weighted by Gasteiger charge is -2.40. The van der Waals surface area contributed by atoms with Gasteiger partial charge >= 0.3 is 11.9 Å². The van der Waals surface area contributed by atoms with Crippen LogP contribution in [0.3, 0.4) is 0 Å². The van der Waals surface area contributed by atoms with Gasteiger partial charge in [-0.2, -0.15) is 0 Å². The van der Waals surface area contributed by atoms with Crippen LogP contribution in [-0.4, -0.2) is 29.9 Å². The molecule has 0 aromatic carbocycles. The normalized spacial score (nSPS) is 43.7. The van der Waals surface area contributed by atoms with E-state index in [-0.39, 0.29) is 41.2 Å². The van der Waals surface area contributed by atoms with Gasteiger partial charge in [0.25, 0.3) is 0 Å². The summed E-state index contributed by atoms with van der Waals surface area (Å²) < 4.78 is 11.3. The topological polar surface area (TPSA) is 69.7 Å². The van der Waals surface area contributed by atoms with Gasteiger partial charge in [0.2, 0.25) is 0 Å². The number of rotatable bonds is 2. The Labute approximate surface area is 142 Å². The first kappa shape index (κ1) is 16.9. The first-order valence-electron chi connectivity index (χ1n) is 8.47. The van der Waals surface area contributed by atoms with Crippen LogP contribution in [0.4, 0.5) is 0 Å². The van der Waals surface area contributed by atoms with Gasteiger partial charge in [-0.25, -0.2) is 4.79 Å². The number of esters is 2. The summed E-state index contributed by atoms with van der Waals surface area (Å²) in [5.74, 6) is -1.47. The summed E-state index contributed by atoms with van der Waals surface area (Å²) in [7, 11) is 0. The number of fused-ring (bicyclic) bond motifs is 2. The second-order valence-corrected chi connectivity index (χ2v) is 7.69. The minimum absolute atomic E-state index is 0.0376. The van der Waals surface area contributed by atoms with E-state index in [4.69, 9.17) is 9.47 Å². The molecule has 24 heavy (non-hydrogen) atoms. The van der Waals surface area contributed by atoms with Crippen LogP contribution in [0.5, 0.6) is 0 Å². The molecular formula is C19H24O5. The number of carbonyl (C=O) groups is 3. The number of allylic oxidation sites excluding steroid dienone is 2. The molecule has 3 aliphatic rings. The van der Waals surface area contributed by atoms with E-state index in [1.54, 1.807) is 19.9 Å². The van der Waals surface area contributed by atoms with Crippen LogP contribution in [-0.2, 0) is 23.9 Å². The third-order valence-electron chi connectivity index (χ3n) is 6.06. The van der Waals surface area contributed by atoms with Crippen molar-refractivity contribution in [2.24, 2.45) is 29.1 Å². The highest BCUT2D eigenvalue weighted by molar-refractivity contribution is 5.99. The number of hydrogen-bond acceptors (Lipinski definition) is 5. The maximum atomic E-state index is 12.7. The summed E-state index contributed by atoms with van der Waals surface area (Å²) >= 11 is 0. The Morgan fingerprint density at radius 3 is 2.67 bits per heavy atom. The van der Waals surface area contributed by atoms with E-state index in [0.717, 1.165) is 0 Å². The van der Waals surface area contributed by atoms with Crippen LogP contribution in [0.2, 0.25) is 0 Å². The molecule has 0 N–H and O–H groups in total. The molecule has 3 rings (SSSR count). The van der Waals surface area contributed by atoms with Crippen molar-refractivity contribution in [3.8, 4) is 0 Å². The summed E-state index contributed by atoms with van der Waals surface area (Å²) in [6.07, 6.45) is 3.15. The third kappa shape index (κ3) is 2.25. The number of ether oxygens (including phenoxy) is 2. The molecule has 1 saturated heterocycles. The number of hydrogen-bond donors (Lipinski definition) is 0. The van der Waals surface area contributed by atoms with Gasteiger partial charge in [0.15, 0.2) is 5.78 Å². The zero-order chi connectivity index (χ0) is 17.8. The lowest BCUT2D eigenvalue weighted by Crippen LogP contribution is -2.50. The quantitative estimate of drug-likeness (QED) is 0.574. The Bertz CT molecular complexity index is 648. The third-order valence-corrected chi connectivity index (χ3v) is 6.06. The monoisotopic (exact) mass is 332 g/mol. The molecule has 5 nitrogen and oxygen atoms in total. The molecule has 0 radical (unpaired) electrons. The van der Waals surface area contributed by atoms with E-state index >= 15 is 0 Å². The Kier molecular flexibility index (Phi) is 3.93. The first-order valence-corrected chi connectivity index (χ1v) is 8.47. The van der Waals surface area contributed by atoms with E-state index in [2.05, 4.69) is 13.5 Å². The second kappa shape index (κ2) is 5.57. The van der Waals surface area contributed by atoms with Crippen molar-refractivity contribution >= 4 is 17.7 Å². The van der Waals surface area contributed by atoms with Crippen molar-refractivity contribution in [2.75, 3.05) is 0 Å². The predicted molar refractivity (Wildman–Crippen MR) is 86.8 cm³/mol. The van der Waals surface area contributed by atoms with Crippen LogP contribution in [0.15, 0.2) is 24.3 Å². The van der Waals surface area contributed by atoms with Gasteiger partial charge in [-0.1, -0.05) is 26.5 Å². The summed E-state index contributed by atoms with van der Waals surface area (Å²) in [5, 5.41) is 0. The van der Waals surface area contributed by atoms with Crippen LogP contribution in [0.25, 0.3) is 0 Å². The molecule has 0 spiro atoms. The highest BCUT2D eigenvalue weighted by Crippen LogP contribution is 2.54. The van der Waals surface area contributed by atoms with E-state index in [0.29, 0.717) is 6.42 Å². The average molecular weight is 332 g/mol. The fourth-order valence-corrected chi connectivity index (χ4v) is 4.65. The van der Waals surface area contributed by atoms with Gasteiger partial charge in [-0.05, 0) is 38.2 Å². The van der Waals surface area contributed by atoms with Gasteiger partial charge in [0.05, 0.1) is 11.3 Å². The molecule has 5 heteroatoms. The van der Waals surface area contributed by atoms with Crippen LogP contribution in [0.1, 0.15) is 34.1 Å². The zero-order valence-corrected chi connectivity index (χ0v) is 14.6. The summed E-state index contributed by atoms with van der Waals surface area (Å²) in [4.78, 5) is 37.1. The van der Waals surface area contributed by atoms with Crippen molar-refractivity contribution in [1.29, 1.82) is 0 Å². The fourth-order valence-electron chi connectivity index (χ4n) is 4.65. The van der Waals surface area contributed by atoms with Gasteiger partial charge in [0, 0.05) is 11.5 Å². The molecule has 130 valence electrons. The fraction of sp³-hybridized carbons (Fsp3) is 0.632. The molecule has 0 bridgehead atoms. The Hall–Kier alpha value is -1.91. The number of carbonyl (C=O) groups excluding carboxylic acids is 3. The first-order chi connectivity index (χ1) is 11.2. The minimum atomic E-state index is -0.869. The molecule has 0 aromatic heterocycles. The molecule has 0 unspecified atom stereocenters. The molecule has 2 fully saturated rings. The lowest BCUT2D eigenvalue weighted by molar-refractivity contribution is -0.163. The molecule has 7 atom stereocenters. The van der Waals surface area contributed by atoms with Crippen molar-refractivity contribution < 1.29 is 23.9 Å². The standard InChI is InChI=1S/C19H24O5/c1-9(2)17(21)24-16-15-11(4)18(22)23-13(15)8-10(3)12-6-7-14(20)19(12,16)5/h6-7,10-13,15-16H,1,8H2,2-5H3/t10-,11+,12+,13-,15-,16-,19+/m1/s1. The second-order valence-electron chi connectivity index (χ2n) is 7.69. The SMILES string of the molecule is C=C(C)C(=O)O[C@@H]1[C@@H]2[C@H](C)C(=O)O[C@@H]2C[C@@H](C)[C@@H]2C=CC(=O)[C@@]12C. The van der Waals surface area contributed by atoms with E-state index in [1.807, 2.05) is 13.0 Å². The average Bonchev–Trinajstić information content (AvgIpc) is 2.92. The van der Waals surface area contributed by atoms with Crippen molar-refractivity contribution in [3.05, 3.63) is 24.3 Å². The van der Waals surface area contributed by atoms with Crippen molar-refractivity contribution in [3.63, 3.8) is 0 Å². The molecule has 1 saturated carbocycles. The Balaban J connectivity index is 2.09. The van der Waals surface area contributed by atoms with Crippen LogP contribution < -0.4 is 0 Å². The van der Waals surface area contributed by atoms with Crippen molar-refractivity contribution in [1.82, 2.24) is 0 Å². The van der Waals surface area contributed by atoms with Crippen LogP contribution in [0, 0.1) is 29.1 Å². The minimum Gasteiger partial charge on any atom is -0.462 e. The summed E-state index contributed by atoms with van der Waals surface area (Å²) in [6.45, 7) is 10.9. The highest BCUT2D eigenvalue weighted by Gasteiger charge is 2.62. The van der Waals surface area contributed by atoms with Gasteiger partial charge in [-0.15, -0.1) is 0 Å². The molecule has 0 amide bonds. The highest BCUT2D eigenvalue weighted by atomic mass is 16.6. The molecule has 2 aliphatic carbocycles. The summed E-state index contributed by atoms with van der Waals surface area (Å²) in [5.41, 5.74) is -0.591. The van der Waals surface area contributed by atoms with E-state index in [9.17, 15) is 14.4 Å². The number of ketones is 1. The Morgan fingerprint density at radius 2 is 2.04 bits per heavy atom. The smallest absolute Gasteiger partial charge is 0.333 e. The van der Waals surface area contributed by atoms with Crippen molar-refractivity contribution in [2.45, 2.75) is 46.3 Å². The van der Waals surface area contributed by atoms with Crippen LogP contribution >= 0.6 is 0 Å². The van der Waals surface area contributed by atoms with Gasteiger partial charge < -0.3 is 9.47 Å². The lowest BCUT2D eigenvalue weighted by atomic mass is 9.66. The predicted octanol–water partition coefficient (Wildman–Crippen LogP) is 2.45.